The molecule has 0 heterocycles. The Bertz CT molecular complexity index is 398. The summed E-state index contributed by atoms with van der Waals surface area (Å²) in [5.41, 5.74) is 7.65. The molecule has 3 heteroatoms. The number of nitrogens with zero attached hydrogens (tertiary/aromatic N) is 1. The summed E-state index contributed by atoms with van der Waals surface area (Å²) in [4.78, 5) is 2.33. The van der Waals surface area contributed by atoms with Gasteiger partial charge in [-0.2, -0.15) is 0 Å². The molecule has 0 fully saturated rings. The van der Waals surface area contributed by atoms with Gasteiger partial charge in [0.05, 0.1) is 6.10 Å². The highest BCUT2D eigenvalue weighted by molar-refractivity contribution is 5.29. The van der Waals surface area contributed by atoms with E-state index in [4.69, 9.17) is 10.5 Å². The normalized spacial score (nSPS) is 13.8. The van der Waals surface area contributed by atoms with Gasteiger partial charge >= 0.3 is 0 Å². The molecule has 1 aromatic carbocycles. The molecule has 1 rings (SSSR count). The van der Waals surface area contributed by atoms with Gasteiger partial charge in [0.25, 0.3) is 0 Å². The van der Waals surface area contributed by atoms with E-state index in [0.29, 0.717) is 0 Å². The number of rotatable bonds is 7. The van der Waals surface area contributed by atoms with Crippen LogP contribution in [0.5, 0.6) is 5.75 Å². The molecule has 1 aromatic rings. The fourth-order valence-corrected chi connectivity index (χ4v) is 1.98. The van der Waals surface area contributed by atoms with E-state index in [2.05, 4.69) is 44.9 Å². The number of nitrogens with two attached hydrogens (primary N) is 1. The first-order valence-electron chi connectivity index (χ1n) is 7.49. The molecular weight excluding hydrogens is 248 g/mol. The molecule has 0 saturated carbocycles. The standard InChI is InChI=1S/C17H30N2O/c1-7-17(4,5)19(6)12-16(18)14-8-10-15(11-9-14)20-13(2)3/h8-11,13,16H,7,12,18H2,1-6H3. The van der Waals surface area contributed by atoms with Crippen LogP contribution >= 0.6 is 0 Å². The largest absolute Gasteiger partial charge is 0.491 e. The van der Waals surface area contributed by atoms with E-state index in [9.17, 15) is 0 Å². The molecule has 2 N–H and O–H groups in total. The molecule has 0 saturated heterocycles. The minimum Gasteiger partial charge on any atom is -0.491 e. The van der Waals surface area contributed by atoms with Gasteiger partial charge < -0.3 is 10.5 Å². The second-order valence-corrected chi connectivity index (χ2v) is 6.39. The number of likely N-dealkylation sites (N-methyl/N-ethyl adjacent to an activating group) is 1. The first-order valence-corrected chi connectivity index (χ1v) is 7.49. The van der Waals surface area contributed by atoms with Crippen molar-refractivity contribution >= 4 is 0 Å². The van der Waals surface area contributed by atoms with Crippen LogP contribution in [-0.4, -0.2) is 30.1 Å². The van der Waals surface area contributed by atoms with Crippen molar-refractivity contribution in [1.29, 1.82) is 0 Å². The van der Waals surface area contributed by atoms with Crippen LogP contribution in [0.15, 0.2) is 24.3 Å². The third kappa shape index (κ3) is 4.80. The smallest absolute Gasteiger partial charge is 0.119 e. The van der Waals surface area contributed by atoms with Crippen LogP contribution in [0.25, 0.3) is 0 Å². The molecule has 0 spiro atoms. The van der Waals surface area contributed by atoms with Crippen LogP contribution in [0.4, 0.5) is 0 Å². The predicted molar refractivity (Wildman–Crippen MR) is 86.1 cm³/mol. The van der Waals surface area contributed by atoms with Gasteiger partial charge in [0.15, 0.2) is 0 Å². The van der Waals surface area contributed by atoms with Crippen LogP contribution in [0, 0.1) is 0 Å². The summed E-state index contributed by atoms with van der Waals surface area (Å²) in [7, 11) is 2.14. The Hall–Kier alpha value is -1.06. The molecule has 114 valence electrons. The minimum absolute atomic E-state index is 0.0268. The van der Waals surface area contributed by atoms with Gasteiger partial charge in [-0.15, -0.1) is 0 Å². The second-order valence-electron chi connectivity index (χ2n) is 6.39. The molecule has 0 aliphatic carbocycles. The summed E-state index contributed by atoms with van der Waals surface area (Å²) in [6, 6.07) is 8.16. The van der Waals surface area contributed by atoms with Crippen molar-refractivity contribution in [3.63, 3.8) is 0 Å². The minimum atomic E-state index is 0.0268. The Morgan fingerprint density at radius 3 is 2.20 bits per heavy atom. The Balaban J connectivity index is 2.66. The molecule has 1 atom stereocenters. The maximum Gasteiger partial charge on any atom is 0.119 e. The third-order valence-corrected chi connectivity index (χ3v) is 4.05. The number of ether oxygens (including phenoxy) is 1. The van der Waals surface area contributed by atoms with Gasteiger partial charge in [0.2, 0.25) is 0 Å². The first kappa shape index (κ1) is 17.0. The Morgan fingerprint density at radius 1 is 1.20 bits per heavy atom. The van der Waals surface area contributed by atoms with Crippen LogP contribution in [0.3, 0.4) is 0 Å². The molecule has 1 unspecified atom stereocenters. The summed E-state index contributed by atoms with van der Waals surface area (Å²) in [5.74, 6) is 0.901. The van der Waals surface area contributed by atoms with Gasteiger partial charge in [-0.05, 0) is 58.9 Å². The van der Waals surface area contributed by atoms with E-state index in [-0.39, 0.29) is 17.7 Å². The molecule has 0 aliphatic rings. The van der Waals surface area contributed by atoms with Gasteiger partial charge in [0.1, 0.15) is 5.75 Å². The van der Waals surface area contributed by atoms with E-state index in [1.807, 2.05) is 26.0 Å². The van der Waals surface area contributed by atoms with Crippen LogP contribution < -0.4 is 10.5 Å². The third-order valence-electron chi connectivity index (χ3n) is 4.05. The SMILES string of the molecule is CCC(C)(C)N(C)CC(N)c1ccc(OC(C)C)cc1. The van der Waals surface area contributed by atoms with E-state index in [1.54, 1.807) is 0 Å². The van der Waals surface area contributed by atoms with Gasteiger partial charge in [0, 0.05) is 18.1 Å². The summed E-state index contributed by atoms with van der Waals surface area (Å²) in [5, 5.41) is 0. The summed E-state index contributed by atoms with van der Waals surface area (Å²) in [6.45, 7) is 11.6. The quantitative estimate of drug-likeness (QED) is 0.828. The maximum atomic E-state index is 6.32. The van der Waals surface area contributed by atoms with Crippen LogP contribution in [-0.2, 0) is 0 Å². The van der Waals surface area contributed by atoms with E-state index in [0.717, 1.165) is 24.3 Å². The van der Waals surface area contributed by atoms with Crippen molar-refractivity contribution in [1.82, 2.24) is 4.90 Å². The topological polar surface area (TPSA) is 38.5 Å². The van der Waals surface area contributed by atoms with Crippen LogP contribution in [0.1, 0.15) is 52.6 Å². The van der Waals surface area contributed by atoms with Gasteiger partial charge in [-0.3, -0.25) is 4.90 Å². The highest BCUT2D eigenvalue weighted by Crippen LogP contribution is 2.22. The Morgan fingerprint density at radius 2 is 1.75 bits per heavy atom. The van der Waals surface area contributed by atoms with E-state index >= 15 is 0 Å². The number of hydrogen-bond acceptors (Lipinski definition) is 3. The lowest BCUT2D eigenvalue weighted by molar-refractivity contribution is 0.142. The van der Waals surface area contributed by atoms with E-state index < -0.39 is 0 Å². The molecule has 3 nitrogen and oxygen atoms in total. The second kappa shape index (κ2) is 7.09. The summed E-state index contributed by atoms with van der Waals surface area (Å²) in [6.07, 6.45) is 1.31. The molecule has 0 radical (unpaired) electrons. The zero-order valence-electron chi connectivity index (χ0n) is 13.8. The monoisotopic (exact) mass is 278 g/mol. The fourth-order valence-electron chi connectivity index (χ4n) is 1.98. The van der Waals surface area contributed by atoms with Crippen molar-refractivity contribution in [2.24, 2.45) is 5.73 Å². The Kier molecular flexibility index (Phi) is 6.03. The van der Waals surface area contributed by atoms with Crippen molar-refractivity contribution in [2.45, 2.75) is 58.7 Å². The fraction of sp³-hybridized carbons (Fsp3) is 0.647. The number of hydrogen-bond donors (Lipinski definition) is 1. The molecular formula is C17H30N2O. The van der Waals surface area contributed by atoms with Crippen molar-refractivity contribution < 1.29 is 4.74 Å². The summed E-state index contributed by atoms with van der Waals surface area (Å²) >= 11 is 0. The van der Waals surface area contributed by atoms with Crippen LogP contribution in [0.2, 0.25) is 0 Å². The van der Waals surface area contributed by atoms with E-state index in [1.165, 1.54) is 0 Å². The van der Waals surface area contributed by atoms with Gasteiger partial charge in [-0.1, -0.05) is 19.1 Å². The average Bonchev–Trinajstić information content (AvgIpc) is 2.38. The lowest BCUT2D eigenvalue weighted by Crippen LogP contribution is -2.44. The van der Waals surface area contributed by atoms with Crippen molar-refractivity contribution in [2.75, 3.05) is 13.6 Å². The Labute approximate surface area is 124 Å². The summed E-state index contributed by atoms with van der Waals surface area (Å²) < 4.78 is 5.65. The molecule has 0 bridgehead atoms. The zero-order chi connectivity index (χ0) is 15.3. The highest BCUT2D eigenvalue weighted by atomic mass is 16.5. The lowest BCUT2D eigenvalue weighted by Gasteiger charge is -2.36. The average molecular weight is 278 g/mol. The lowest BCUT2D eigenvalue weighted by atomic mass is 9.98. The first-order chi connectivity index (χ1) is 9.26. The van der Waals surface area contributed by atoms with Gasteiger partial charge in [-0.25, -0.2) is 0 Å². The zero-order valence-corrected chi connectivity index (χ0v) is 13.8. The molecule has 0 amide bonds. The molecule has 20 heavy (non-hydrogen) atoms. The predicted octanol–water partition coefficient (Wildman–Crippen LogP) is 3.59. The molecule has 0 aliphatic heterocycles. The maximum absolute atomic E-state index is 6.32. The number of benzene rings is 1. The van der Waals surface area contributed by atoms with Crippen molar-refractivity contribution in [3.05, 3.63) is 29.8 Å². The molecule has 0 aromatic heterocycles. The van der Waals surface area contributed by atoms with Crippen molar-refractivity contribution in [3.8, 4) is 5.75 Å². The highest BCUT2D eigenvalue weighted by Gasteiger charge is 2.23.